The van der Waals surface area contributed by atoms with Crippen LogP contribution in [0.25, 0.3) is 0 Å². The van der Waals surface area contributed by atoms with Gasteiger partial charge in [0.1, 0.15) is 0 Å². The number of hydrogen-bond acceptors (Lipinski definition) is 7. The summed E-state index contributed by atoms with van der Waals surface area (Å²) in [5.41, 5.74) is 0. The molecule has 0 saturated heterocycles. The van der Waals surface area contributed by atoms with Gasteiger partial charge in [0.05, 0.1) is 0 Å². The number of amides is 1. The fourth-order valence-corrected chi connectivity index (χ4v) is 6.55. The summed E-state index contributed by atoms with van der Waals surface area (Å²) in [6.45, 7) is 0. The Morgan fingerprint density at radius 3 is 1.36 bits per heavy atom. The standard InChI is InChI=1S/C14H32BrNO7Si2/c1-18-24(19-2,20-3)11-7-9-13(14(17)16-15)10-8-12-25(21-4,22-5)23-6/h13H,7-12H2,1-6H3,(H,16,17). The van der Waals surface area contributed by atoms with Crippen LogP contribution in [-0.4, -0.2) is 66.2 Å². The van der Waals surface area contributed by atoms with Crippen LogP contribution in [0.3, 0.4) is 0 Å². The smallest absolute Gasteiger partial charge is 0.377 e. The third kappa shape index (κ3) is 8.14. The highest BCUT2D eigenvalue weighted by atomic mass is 79.9. The van der Waals surface area contributed by atoms with Crippen LogP contribution in [-0.2, 0) is 31.4 Å². The number of carbonyl (C=O) groups is 1. The van der Waals surface area contributed by atoms with Gasteiger partial charge in [-0.05, 0) is 25.7 Å². The van der Waals surface area contributed by atoms with E-state index in [9.17, 15) is 4.79 Å². The van der Waals surface area contributed by atoms with Crippen molar-refractivity contribution in [3.63, 3.8) is 0 Å². The molecule has 0 aromatic rings. The van der Waals surface area contributed by atoms with Crippen molar-refractivity contribution in [2.45, 2.75) is 37.8 Å². The van der Waals surface area contributed by atoms with E-state index >= 15 is 0 Å². The molecule has 0 bridgehead atoms. The van der Waals surface area contributed by atoms with Crippen molar-refractivity contribution in [3.8, 4) is 0 Å². The molecule has 0 aromatic heterocycles. The average Bonchev–Trinajstić information content (AvgIpc) is 2.67. The van der Waals surface area contributed by atoms with Gasteiger partial charge in [-0.25, -0.2) is 0 Å². The second-order valence-corrected chi connectivity index (χ2v) is 12.1. The summed E-state index contributed by atoms with van der Waals surface area (Å²) < 4.78 is 35.0. The molecule has 0 spiro atoms. The minimum Gasteiger partial charge on any atom is -0.377 e. The quantitative estimate of drug-likeness (QED) is 0.295. The van der Waals surface area contributed by atoms with E-state index in [1.807, 2.05) is 0 Å². The lowest BCUT2D eigenvalue weighted by Gasteiger charge is -2.26. The Morgan fingerprint density at radius 2 is 1.12 bits per heavy atom. The summed E-state index contributed by atoms with van der Waals surface area (Å²) in [6.07, 6.45) is 2.97. The molecule has 11 heteroatoms. The van der Waals surface area contributed by atoms with Crippen molar-refractivity contribution in [3.05, 3.63) is 0 Å². The molecular formula is C14H32BrNO7Si2. The van der Waals surface area contributed by atoms with E-state index in [4.69, 9.17) is 26.6 Å². The van der Waals surface area contributed by atoms with Gasteiger partial charge in [-0.2, -0.15) is 0 Å². The molecule has 0 aliphatic heterocycles. The molecule has 25 heavy (non-hydrogen) atoms. The minimum absolute atomic E-state index is 0.0426. The molecule has 0 atom stereocenters. The molecule has 0 aliphatic carbocycles. The minimum atomic E-state index is -2.60. The summed E-state index contributed by atoms with van der Waals surface area (Å²) >= 11 is 3.03. The Balaban J connectivity index is 4.59. The maximum absolute atomic E-state index is 12.1. The summed E-state index contributed by atoms with van der Waals surface area (Å²) in [7, 11) is 4.33. The van der Waals surface area contributed by atoms with Gasteiger partial charge in [0.15, 0.2) is 0 Å². The summed E-state index contributed by atoms with van der Waals surface area (Å²) in [5.74, 6) is -0.173. The molecule has 8 nitrogen and oxygen atoms in total. The van der Waals surface area contributed by atoms with Crippen LogP contribution in [0.1, 0.15) is 25.7 Å². The number of carbonyl (C=O) groups excluding carboxylic acids is 1. The first-order valence-electron chi connectivity index (χ1n) is 8.13. The van der Waals surface area contributed by atoms with Gasteiger partial charge in [0, 0.05) is 76.8 Å². The molecule has 0 fully saturated rings. The molecule has 1 amide bonds. The van der Waals surface area contributed by atoms with Gasteiger partial charge in [-0.15, -0.1) is 0 Å². The highest BCUT2D eigenvalue weighted by molar-refractivity contribution is 9.08. The normalized spacial score (nSPS) is 12.6. The third-order valence-corrected chi connectivity index (χ3v) is 10.5. The Bertz CT molecular complexity index is 329. The van der Waals surface area contributed by atoms with E-state index in [0.717, 1.165) is 12.8 Å². The molecule has 0 aliphatic rings. The largest absolute Gasteiger partial charge is 0.500 e. The zero-order valence-electron chi connectivity index (χ0n) is 16.1. The zero-order chi connectivity index (χ0) is 19.3. The van der Waals surface area contributed by atoms with Crippen molar-refractivity contribution in [2.75, 3.05) is 42.7 Å². The first-order valence-corrected chi connectivity index (χ1v) is 12.8. The van der Waals surface area contributed by atoms with E-state index < -0.39 is 17.6 Å². The predicted molar refractivity (Wildman–Crippen MR) is 102 cm³/mol. The van der Waals surface area contributed by atoms with Crippen molar-refractivity contribution in [1.82, 2.24) is 4.34 Å². The fourth-order valence-electron chi connectivity index (χ4n) is 2.73. The number of nitrogens with one attached hydrogen (secondary N) is 1. The van der Waals surface area contributed by atoms with E-state index in [-0.39, 0.29) is 11.8 Å². The molecule has 0 saturated carbocycles. The Hall–Kier alpha value is 0.144. The first-order chi connectivity index (χ1) is 11.9. The van der Waals surface area contributed by atoms with E-state index in [2.05, 4.69) is 20.5 Å². The predicted octanol–water partition coefficient (Wildman–Crippen LogP) is 2.35. The van der Waals surface area contributed by atoms with Gasteiger partial charge in [0.25, 0.3) is 0 Å². The van der Waals surface area contributed by atoms with E-state index in [1.54, 1.807) is 42.7 Å². The van der Waals surface area contributed by atoms with Crippen LogP contribution >= 0.6 is 16.1 Å². The number of hydrogen-bond donors (Lipinski definition) is 1. The van der Waals surface area contributed by atoms with Gasteiger partial charge in [-0.1, -0.05) is 0 Å². The third-order valence-electron chi connectivity index (χ3n) is 4.40. The van der Waals surface area contributed by atoms with E-state index in [0.29, 0.717) is 24.9 Å². The molecule has 0 aromatic carbocycles. The second-order valence-electron chi connectivity index (χ2n) is 5.53. The van der Waals surface area contributed by atoms with Crippen molar-refractivity contribution >= 4 is 39.7 Å². The topological polar surface area (TPSA) is 84.5 Å². The van der Waals surface area contributed by atoms with Gasteiger partial charge in [-0.3, -0.25) is 9.14 Å². The van der Waals surface area contributed by atoms with Crippen LogP contribution in [0.4, 0.5) is 0 Å². The second kappa shape index (κ2) is 13.3. The molecule has 0 unspecified atom stereocenters. The number of rotatable bonds is 15. The highest BCUT2D eigenvalue weighted by Gasteiger charge is 2.39. The zero-order valence-corrected chi connectivity index (χ0v) is 19.6. The van der Waals surface area contributed by atoms with Crippen LogP contribution < -0.4 is 4.34 Å². The summed E-state index contributed by atoms with van der Waals surface area (Å²) in [4.78, 5) is 12.1. The van der Waals surface area contributed by atoms with Crippen molar-refractivity contribution in [1.29, 1.82) is 0 Å². The molecule has 150 valence electrons. The lowest BCUT2D eigenvalue weighted by Crippen LogP contribution is -2.43. The number of halogens is 1. The Labute approximate surface area is 161 Å². The lowest BCUT2D eigenvalue weighted by atomic mass is 9.98. The van der Waals surface area contributed by atoms with Crippen LogP contribution in [0.2, 0.25) is 12.1 Å². The van der Waals surface area contributed by atoms with Crippen LogP contribution in [0, 0.1) is 5.92 Å². The van der Waals surface area contributed by atoms with Gasteiger partial charge in [0.2, 0.25) is 5.91 Å². The molecular weight excluding hydrogens is 430 g/mol. The highest BCUT2D eigenvalue weighted by Crippen LogP contribution is 2.24. The molecule has 0 radical (unpaired) electrons. The SMILES string of the molecule is CO[Si](CCCC(CCC[Si](OC)(OC)OC)C(=O)NBr)(OC)OC. The Kier molecular flexibility index (Phi) is 13.4. The van der Waals surface area contributed by atoms with Crippen molar-refractivity contribution in [2.24, 2.45) is 5.92 Å². The maximum Gasteiger partial charge on any atom is 0.500 e. The lowest BCUT2D eigenvalue weighted by molar-refractivity contribution is -0.123. The molecule has 0 heterocycles. The maximum atomic E-state index is 12.1. The van der Waals surface area contributed by atoms with Gasteiger partial charge < -0.3 is 26.6 Å². The van der Waals surface area contributed by atoms with Gasteiger partial charge >= 0.3 is 17.6 Å². The van der Waals surface area contributed by atoms with E-state index in [1.165, 1.54) is 0 Å². The molecule has 0 rings (SSSR count). The monoisotopic (exact) mass is 461 g/mol. The van der Waals surface area contributed by atoms with Crippen LogP contribution in [0.5, 0.6) is 0 Å². The fraction of sp³-hybridized carbons (Fsp3) is 0.929. The summed E-state index contributed by atoms with van der Waals surface area (Å²) in [6, 6.07) is 1.32. The average molecular weight is 462 g/mol. The first kappa shape index (κ1) is 25.1. The van der Waals surface area contributed by atoms with Crippen LogP contribution in [0.15, 0.2) is 0 Å². The molecule has 1 N–H and O–H groups in total. The Morgan fingerprint density at radius 1 is 0.800 bits per heavy atom. The van der Waals surface area contributed by atoms with Crippen molar-refractivity contribution < 1.29 is 31.4 Å². The summed E-state index contributed by atoms with van der Waals surface area (Å²) in [5, 5.41) is 0.